The van der Waals surface area contributed by atoms with Gasteiger partial charge in [-0.3, -0.25) is 4.79 Å². The summed E-state index contributed by atoms with van der Waals surface area (Å²) in [6, 6.07) is 3.62. The number of benzene rings is 1. The molecule has 1 fully saturated rings. The number of halogens is 2. The van der Waals surface area contributed by atoms with Gasteiger partial charge in [-0.2, -0.15) is 0 Å². The van der Waals surface area contributed by atoms with Crippen molar-refractivity contribution >= 4 is 17.3 Å². The van der Waals surface area contributed by atoms with Crippen LogP contribution in [-0.4, -0.2) is 11.8 Å². The monoisotopic (exact) mass is 282 g/mol. The second-order valence-corrected chi connectivity index (χ2v) is 5.64. The van der Waals surface area contributed by atoms with Crippen molar-refractivity contribution in [3.63, 3.8) is 0 Å². The Labute approximate surface area is 117 Å². The van der Waals surface area contributed by atoms with Gasteiger partial charge in [0.2, 0.25) is 11.8 Å². The molecule has 1 amide bonds. The lowest BCUT2D eigenvalue weighted by molar-refractivity contribution is -0.124. The molecule has 110 valence electrons. The highest BCUT2D eigenvalue weighted by atomic mass is 19.3. The Bertz CT molecular complexity index is 519. The fourth-order valence-electron chi connectivity index (χ4n) is 2.48. The summed E-state index contributed by atoms with van der Waals surface area (Å²) in [6.45, 7) is 3.88. The molecule has 20 heavy (non-hydrogen) atoms. The van der Waals surface area contributed by atoms with Gasteiger partial charge in [-0.15, -0.1) is 0 Å². The molecule has 0 aromatic heterocycles. The lowest BCUT2D eigenvalue weighted by Gasteiger charge is -2.27. The Kier molecular flexibility index (Phi) is 3.97. The van der Waals surface area contributed by atoms with Crippen LogP contribution in [0.2, 0.25) is 0 Å². The molecule has 1 aliphatic carbocycles. The lowest BCUT2D eigenvalue weighted by atomic mass is 9.86. The molecule has 1 aliphatic rings. The summed E-state index contributed by atoms with van der Waals surface area (Å²) < 4.78 is 26.2. The van der Waals surface area contributed by atoms with E-state index in [4.69, 9.17) is 5.73 Å². The zero-order chi connectivity index (χ0) is 14.9. The van der Waals surface area contributed by atoms with E-state index >= 15 is 0 Å². The van der Waals surface area contributed by atoms with Crippen LogP contribution in [-0.2, 0) is 4.79 Å². The van der Waals surface area contributed by atoms with E-state index in [-0.39, 0.29) is 37.5 Å². The van der Waals surface area contributed by atoms with Crippen molar-refractivity contribution < 1.29 is 13.6 Å². The molecule has 0 bridgehead atoms. The van der Waals surface area contributed by atoms with Crippen LogP contribution in [0.25, 0.3) is 0 Å². The predicted octanol–water partition coefficient (Wildman–Crippen LogP) is 3.65. The highest BCUT2D eigenvalue weighted by Crippen LogP contribution is 2.36. The number of anilines is 2. The average Bonchev–Trinajstić information content (AvgIpc) is 2.35. The number of nitrogens with two attached hydrogens (primary N) is 1. The SMILES string of the molecule is Cc1cc(N)c(NC(=O)C2CCC(F)(F)CC2)cc1C. The van der Waals surface area contributed by atoms with Gasteiger partial charge in [0.05, 0.1) is 11.4 Å². The molecule has 3 N–H and O–H groups in total. The van der Waals surface area contributed by atoms with Crippen LogP contribution in [0.15, 0.2) is 12.1 Å². The standard InChI is InChI=1S/C15H20F2N2O/c1-9-7-12(18)13(8-10(9)2)19-14(20)11-3-5-15(16,17)6-4-11/h7-8,11H,3-6,18H2,1-2H3,(H,19,20). The first-order chi connectivity index (χ1) is 9.28. The second kappa shape index (κ2) is 5.38. The Hall–Kier alpha value is -1.65. The molecule has 2 rings (SSSR count). The summed E-state index contributed by atoms with van der Waals surface area (Å²) in [4.78, 5) is 12.1. The van der Waals surface area contributed by atoms with E-state index in [1.807, 2.05) is 19.9 Å². The van der Waals surface area contributed by atoms with Crippen LogP contribution in [0.1, 0.15) is 36.8 Å². The third kappa shape index (κ3) is 3.26. The molecule has 3 nitrogen and oxygen atoms in total. The number of hydrogen-bond donors (Lipinski definition) is 2. The third-order valence-corrected chi connectivity index (χ3v) is 4.01. The maximum atomic E-state index is 13.1. The van der Waals surface area contributed by atoms with E-state index in [1.54, 1.807) is 6.07 Å². The summed E-state index contributed by atoms with van der Waals surface area (Å²) in [5.74, 6) is -3.18. The van der Waals surface area contributed by atoms with Gasteiger partial charge in [-0.05, 0) is 49.9 Å². The first-order valence-corrected chi connectivity index (χ1v) is 6.84. The predicted molar refractivity (Wildman–Crippen MR) is 75.9 cm³/mol. The van der Waals surface area contributed by atoms with Gasteiger partial charge < -0.3 is 11.1 Å². The van der Waals surface area contributed by atoms with E-state index in [0.717, 1.165) is 11.1 Å². The van der Waals surface area contributed by atoms with E-state index in [2.05, 4.69) is 5.32 Å². The molecule has 1 saturated carbocycles. The Morgan fingerprint density at radius 1 is 1.25 bits per heavy atom. The topological polar surface area (TPSA) is 55.1 Å². The highest BCUT2D eigenvalue weighted by molar-refractivity contribution is 5.95. The number of aryl methyl sites for hydroxylation is 2. The number of nitrogens with one attached hydrogen (secondary N) is 1. The summed E-state index contributed by atoms with van der Waals surface area (Å²) in [5, 5.41) is 2.77. The fourth-order valence-corrected chi connectivity index (χ4v) is 2.48. The van der Waals surface area contributed by atoms with Crippen molar-refractivity contribution in [2.24, 2.45) is 5.92 Å². The van der Waals surface area contributed by atoms with E-state index in [0.29, 0.717) is 11.4 Å². The maximum absolute atomic E-state index is 13.1. The zero-order valence-corrected chi connectivity index (χ0v) is 11.8. The van der Waals surface area contributed by atoms with Gasteiger partial charge in [0.25, 0.3) is 0 Å². The van der Waals surface area contributed by atoms with Crippen molar-refractivity contribution in [3.8, 4) is 0 Å². The first kappa shape index (κ1) is 14.8. The normalized spacial score (nSPS) is 18.8. The number of hydrogen-bond acceptors (Lipinski definition) is 2. The fraction of sp³-hybridized carbons (Fsp3) is 0.533. The molecule has 0 heterocycles. The second-order valence-electron chi connectivity index (χ2n) is 5.64. The minimum absolute atomic E-state index is 0.213. The summed E-state index contributed by atoms with van der Waals surface area (Å²) in [7, 11) is 0. The van der Waals surface area contributed by atoms with Crippen LogP contribution in [0.4, 0.5) is 20.2 Å². The number of carbonyl (C=O) groups is 1. The third-order valence-electron chi connectivity index (χ3n) is 4.01. The van der Waals surface area contributed by atoms with Gasteiger partial charge in [0, 0.05) is 18.8 Å². The molecule has 0 unspecified atom stereocenters. The lowest BCUT2D eigenvalue weighted by Crippen LogP contribution is -2.32. The number of alkyl halides is 2. The summed E-state index contributed by atoms with van der Waals surface area (Å²) in [5.41, 5.74) is 9.03. The van der Waals surface area contributed by atoms with Gasteiger partial charge in [0.1, 0.15) is 0 Å². The molecule has 5 heteroatoms. The minimum atomic E-state index is -2.61. The Morgan fingerprint density at radius 3 is 2.40 bits per heavy atom. The van der Waals surface area contributed by atoms with Crippen molar-refractivity contribution in [1.82, 2.24) is 0 Å². The van der Waals surface area contributed by atoms with Crippen LogP contribution >= 0.6 is 0 Å². The Morgan fingerprint density at radius 2 is 1.80 bits per heavy atom. The molecule has 0 aliphatic heterocycles. The quantitative estimate of drug-likeness (QED) is 0.813. The van der Waals surface area contributed by atoms with Crippen molar-refractivity contribution in [2.45, 2.75) is 45.5 Å². The van der Waals surface area contributed by atoms with Crippen LogP contribution in [0.5, 0.6) is 0 Å². The van der Waals surface area contributed by atoms with E-state index < -0.39 is 5.92 Å². The zero-order valence-electron chi connectivity index (χ0n) is 11.8. The molecule has 1 aromatic rings. The summed E-state index contributed by atoms with van der Waals surface area (Å²) in [6.07, 6.45) is 0.0220. The van der Waals surface area contributed by atoms with Gasteiger partial charge in [-0.25, -0.2) is 8.78 Å². The molecule has 0 spiro atoms. The van der Waals surface area contributed by atoms with Gasteiger partial charge >= 0.3 is 0 Å². The van der Waals surface area contributed by atoms with Crippen molar-refractivity contribution in [3.05, 3.63) is 23.3 Å². The molecular formula is C15H20F2N2O. The average molecular weight is 282 g/mol. The molecule has 1 aromatic carbocycles. The molecule has 0 atom stereocenters. The first-order valence-electron chi connectivity index (χ1n) is 6.84. The number of carbonyl (C=O) groups excluding carboxylic acids is 1. The number of rotatable bonds is 2. The smallest absolute Gasteiger partial charge is 0.248 e. The Balaban J connectivity index is 2.04. The van der Waals surface area contributed by atoms with Crippen molar-refractivity contribution in [1.29, 1.82) is 0 Å². The number of amides is 1. The summed E-state index contributed by atoms with van der Waals surface area (Å²) >= 11 is 0. The van der Waals surface area contributed by atoms with Gasteiger partial charge in [-0.1, -0.05) is 0 Å². The van der Waals surface area contributed by atoms with E-state index in [9.17, 15) is 13.6 Å². The molecule has 0 radical (unpaired) electrons. The maximum Gasteiger partial charge on any atom is 0.248 e. The van der Waals surface area contributed by atoms with Crippen LogP contribution in [0.3, 0.4) is 0 Å². The largest absolute Gasteiger partial charge is 0.397 e. The molecule has 0 saturated heterocycles. The minimum Gasteiger partial charge on any atom is -0.397 e. The van der Waals surface area contributed by atoms with Crippen LogP contribution < -0.4 is 11.1 Å². The number of nitrogen functional groups attached to an aromatic ring is 1. The van der Waals surface area contributed by atoms with Gasteiger partial charge in [0.15, 0.2) is 0 Å². The van der Waals surface area contributed by atoms with Crippen LogP contribution in [0, 0.1) is 19.8 Å². The van der Waals surface area contributed by atoms with Crippen molar-refractivity contribution in [2.75, 3.05) is 11.1 Å². The highest BCUT2D eigenvalue weighted by Gasteiger charge is 2.37. The molecular weight excluding hydrogens is 262 g/mol. The van der Waals surface area contributed by atoms with E-state index in [1.165, 1.54) is 0 Å².